The molecule has 1 N–H and O–H groups in total. The molecule has 0 aromatic heterocycles. The zero-order valence-corrected chi connectivity index (χ0v) is 13.5. The van der Waals surface area contributed by atoms with Crippen molar-refractivity contribution in [3.63, 3.8) is 0 Å². The third-order valence-electron chi connectivity index (χ3n) is 3.53. The molecule has 0 bridgehead atoms. The van der Waals surface area contributed by atoms with Gasteiger partial charge in [-0.2, -0.15) is 0 Å². The molecule has 0 heterocycles. The Morgan fingerprint density at radius 1 is 1.36 bits per heavy atom. The van der Waals surface area contributed by atoms with Crippen molar-refractivity contribution in [1.82, 2.24) is 9.80 Å². The Morgan fingerprint density at radius 2 is 2.00 bits per heavy atom. The highest BCUT2D eigenvalue weighted by Gasteiger charge is 2.16. The van der Waals surface area contributed by atoms with Gasteiger partial charge in [0.05, 0.1) is 6.54 Å². The average Bonchev–Trinajstić information content (AvgIpc) is 2.47. The Kier molecular flexibility index (Phi) is 7.21. The lowest BCUT2D eigenvalue weighted by Gasteiger charge is -2.30. The lowest BCUT2D eigenvalue weighted by atomic mass is 10.0. The quantitative estimate of drug-likeness (QED) is 0.589. The van der Waals surface area contributed by atoms with E-state index in [0.29, 0.717) is 13.1 Å². The summed E-state index contributed by atoms with van der Waals surface area (Å²) >= 11 is 0. The van der Waals surface area contributed by atoms with Crippen molar-refractivity contribution < 1.29 is 9.90 Å². The Labute approximate surface area is 133 Å². The number of benzene rings is 1. The largest absolute Gasteiger partial charge is 0.478 e. The van der Waals surface area contributed by atoms with Crippen LogP contribution in [-0.2, 0) is 11.2 Å². The molecule has 0 saturated carbocycles. The molecule has 0 spiro atoms. The Bertz CT molecular complexity index is 543. The maximum atomic E-state index is 10.6. The van der Waals surface area contributed by atoms with Gasteiger partial charge in [-0.05, 0) is 26.0 Å². The second-order valence-corrected chi connectivity index (χ2v) is 5.56. The molecule has 0 saturated heterocycles. The number of carboxylic acid groups (broad SMARTS) is 1. The Morgan fingerprint density at radius 3 is 2.55 bits per heavy atom. The van der Waals surface area contributed by atoms with E-state index in [-0.39, 0.29) is 6.04 Å². The highest BCUT2D eigenvalue weighted by atomic mass is 16.4. The number of hydrogen-bond acceptors (Lipinski definition) is 3. The molecule has 4 heteroatoms. The van der Waals surface area contributed by atoms with Gasteiger partial charge < -0.3 is 10.0 Å². The molecule has 22 heavy (non-hydrogen) atoms. The van der Waals surface area contributed by atoms with E-state index >= 15 is 0 Å². The van der Waals surface area contributed by atoms with Gasteiger partial charge >= 0.3 is 5.97 Å². The van der Waals surface area contributed by atoms with Crippen molar-refractivity contribution >= 4 is 5.97 Å². The number of carbonyl (C=O) groups is 1. The second-order valence-electron chi connectivity index (χ2n) is 5.56. The van der Waals surface area contributed by atoms with Crippen LogP contribution in [0.4, 0.5) is 0 Å². The van der Waals surface area contributed by atoms with Crippen LogP contribution in [0, 0.1) is 19.3 Å². The smallest absolute Gasteiger partial charge is 0.329 e. The van der Waals surface area contributed by atoms with Crippen molar-refractivity contribution in [2.24, 2.45) is 0 Å². The molecule has 1 aromatic carbocycles. The fraction of sp³-hybridized carbons (Fsp3) is 0.389. The van der Waals surface area contributed by atoms with Gasteiger partial charge in [0, 0.05) is 31.9 Å². The van der Waals surface area contributed by atoms with Gasteiger partial charge in [0.25, 0.3) is 0 Å². The number of nitrogens with zero attached hydrogens (tertiary/aromatic N) is 2. The van der Waals surface area contributed by atoms with Crippen LogP contribution in [0.1, 0.15) is 11.1 Å². The molecule has 0 radical (unpaired) electrons. The van der Waals surface area contributed by atoms with Crippen molar-refractivity contribution in [2.45, 2.75) is 19.4 Å². The number of terminal acetylenes is 1. The number of hydrogen-bond donors (Lipinski definition) is 1. The SMILES string of the molecule is C#CCN(C)C(Cc1ccc(C)cc1)CN(C)/C=C\C(=O)O. The first kappa shape index (κ1) is 17.8. The van der Waals surface area contributed by atoms with Crippen LogP contribution in [0.15, 0.2) is 36.5 Å². The molecular weight excluding hydrogens is 276 g/mol. The summed E-state index contributed by atoms with van der Waals surface area (Å²) in [6.07, 6.45) is 9.00. The first-order valence-corrected chi connectivity index (χ1v) is 7.23. The Balaban J connectivity index is 2.77. The van der Waals surface area contributed by atoms with Crippen LogP contribution in [0.25, 0.3) is 0 Å². The normalized spacial score (nSPS) is 12.3. The molecule has 0 amide bonds. The molecule has 1 atom stereocenters. The van der Waals surface area contributed by atoms with Gasteiger partial charge in [0.1, 0.15) is 0 Å². The van der Waals surface area contributed by atoms with Crippen molar-refractivity contribution in [1.29, 1.82) is 0 Å². The van der Waals surface area contributed by atoms with Crippen LogP contribution < -0.4 is 0 Å². The van der Waals surface area contributed by atoms with Crippen LogP contribution in [-0.4, -0.2) is 54.1 Å². The number of rotatable bonds is 8. The summed E-state index contributed by atoms with van der Waals surface area (Å²) < 4.78 is 0. The first-order valence-electron chi connectivity index (χ1n) is 7.23. The van der Waals surface area contributed by atoms with Gasteiger partial charge in [0.2, 0.25) is 0 Å². The molecule has 0 aliphatic carbocycles. The van der Waals surface area contributed by atoms with Gasteiger partial charge in [-0.25, -0.2) is 4.79 Å². The predicted molar refractivity (Wildman–Crippen MR) is 89.5 cm³/mol. The molecule has 1 aromatic rings. The van der Waals surface area contributed by atoms with Gasteiger partial charge in [0.15, 0.2) is 0 Å². The lowest BCUT2D eigenvalue weighted by Crippen LogP contribution is -2.41. The maximum absolute atomic E-state index is 10.6. The number of carboxylic acids is 1. The fourth-order valence-corrected chi connectivity index (χ4v) is 2.21. The topological polar surface area (TPSA) is 43.8 Å². The summed E-state index contributed by atoms with van der Waals surface area (Å²) in [5.74, 6) is 1.72. The lowest BCUT2D eigenvalue weighted by molar-refractivity contribution is -0.131. The molecule has 1 rings (SSSR count). The molecule has 1 unspecified atom stereocenters. The monoisotopic (exact) mass is 300 g/mol. The summed E-state index contributed by atoms with van der Waals surface area (Å²) in [7, 11) is 3.86. The minimum absolute atomic E-state index is 0.210. The van der Waals surface area contributed by atoms with Crippen LogP contribution in [0.5, 0.6) is 0 Å². The summed E-state index contributed by atoms with van der Waals surface area (Å²) in [5, 5.41) is 8.70. The van der Waals surface area contributed by atoms with Crippen LogP contribution >= 0.6 is 0 Å². The van der Waals surface area contributed by atoms with Crippen LogP contribution in [0.2, 0.25) is 0 Å². The summed E-state index contributed by atoms with van der Waals surface area (Å²) in [6.45, 7) is 3.33. The predicted octanol–water partition coefficient (Wildman–Crippen LogP) is 2.00. The molecular formula is C18H24N2O2. The number of aryl methyl sites for hydroxylation is 1. The van der Waals surface area contributed by atoms with E-state index < -0.39 is 5.97 Å². The summed E-state index contributed by atoms with van der Waals surface area (Å²) in [5.41, 5.74) is 2.48. The van der Waals surface area contributed by atoms with Crippen molar-refractivity contribution in [2.75, 3.05) is 27.2 Å². The molecule has 0 aliphatic heterocycles. The van der Waals surface area contributed by atoms with Crippen molar-refractivity contribution in [3.05, 3.63) is 47.7 Å². The highest BCUT2D eigenvalue weighted by Crippen LogP contribution is 2.11. The zero-order chi connectivity index (χ0) is 16.5. The zero-order valence-electron chi connectivity index (χ0n) is 13.5. The maximum Gasteiger partial charge on any atom is 0.329 e. The van der Waals surface area contributed by atoms with E-state index in [1.54, 1.807) is 6.20 Å². The highest BCUT2D eigenvalue weighted by molar-refractivity contribution is 5.79. The van der Waals surface area contributed by atoms with Gasteiger partial charge in [-0.15, -0.1) is 6.42 Å². The second kappa shape index (κ2) is 8.91. The standard InChI is InChI=1S/C18H24N2O2/c1-5-11-20(4)17(14-19(3)12-10-18(21)22)13-16-8-6-15(2)7-9-16/h1,6-10,12,17H,11,13-14H2,2-4H3,(H,21,22)/b12-10-. The van der Waals surface area contributed by atoms with E-state index in [2.05, 4.69) is 42.0 Å². The minimum atomic E-state index is -0.945. The average molecular weight is 300 g/mol. The summed E-state index contributed by atoms with van der Waals surface area (Å²) in [6, 6.07) is 8.66. The first-order chi connectivity index (χ1) is 10.4. The number of aliphatic carboxylic acids is 1. The van der Waals surface area contributed by atoms with E-state index in [1.807, 2.05) is 19.0 Å². The minimum Gasteiger partial charge on any atom is -0.478 e. The molecule has 0 aliphatic rings. The molecule has 0 fully saturated rings. The molecule has 4 nitrogen and oxygen atoms in total. The fourth-order valence-electron chi connectivity index (χ4n) is 2.21. The van der Waals surface area contributed by atoms with E-state index in [9.17, 15) is 4.79 Å². The molecule has 118 valence electrons. The van der Waals surface area contributed by atoms with E-state index in [4.69, 9.17) is 11.5 Å². The summed E-state index contributed by atoms with van der Waals surface area (Å²) in [4.78, 5) is 14.6. The third-order valence-corrected chi connectivity index (χ3v) is 3.53. The van der Waals surface area contributed by atoms with Gasteiger partial charge in [-0.3, -0.25) is 4.90 Å². The van der Waals surface area contributed by atoms with Crippen LogP contribution in [0.3, 0.4) is 0 Å². The Hall–Kier alpha value is -2.25. The van der Waals surface area contributed by atoms with Gasteiger partial charge in [-0.1, -0.05) is 35.7 Å². The van der Waals surface area contributed by atoms with E-state index in [0.717, 1.165) is 12.5 Å². The number of likely N-dealkylation sites (N-methyl/N-ethyl adjacent to an activating group) is 2. The third kappa shape index (κ3) is 6.47. The van der Waals surface area contributed by atoms with Crippen molar-refractivity contribution in [3.8, 4) is 12.3 Å². The van der Waals surface area contributed by atoms with E-state index in [1.165, 1.54) is 11.1 Å².